The molecule has 1 unspecified atom stereocenters. The van der Waals surface area contributed by atoms with Crippen molar-refractivity contribution < 1.29 is 32.2 Å². The number of ether oxygens (including phenoxy) is 2. The second-order valence-corrected chi connectivity index (χ2v) is 11.7. The van der Waals surface area contributed by atoms with Crippen molar-refractivity contribution in [1.82, 2.24) is 0 Å². The first-order valence-corrected chi connectivity index (χ1v) is 16.5. The lowest BCUT2D eigenvalue weighted by Crippen LogP contribution is -2.33. The van der Waals surface area contributed by atoms with Crippen LogP contribution in [0.3, 0.4) is 0 Å². The highest BCUT2D eigenvalue weighted by atomic mass is 19.4. The summed E-state index contributed by atoms with van der Waals surface area (Å²) in [5, 5.41) is 0. The maximum Gasteiger partial charge on any atom is 0.425 e. The zero-order valence-electron chi connectivity index (χ0n) is 26.7. The van der Waals surface area contributed by atoms with Gasteiger partial charge in [0.15, 0.2) is 6.10 Å². The van der Waals surface area contributed by atoms with Crippen molar-refractivity contribution in [3.63, 3.8) is 0 Å². The third-order valence-corrected chi connectivity index (χ3v) is 7.96. The van der Waals surface area contributed by atoms with Crippen LogP contribution in [0.1, 0.15) is 124 Å². The molecule has 0 bridgehead atoms. The molecule has 45 heavy (non-hydrogen) atoms. The van der Waals surface area contributed by atoms with Crippen LogP contribution < -0.4 is 4.74 Å². The van der Waals surface area contributed by atoms with Gasteiger partial charge in [0.1, 0.15) is 5.75 Å². The van der Waals surface area contributed by atoms with E-state index in [1.54, 1.807) is 12.1 Å². The first-order valence-electron chi connectivity index (χ1n) is 16.5. The molecule has 0 spiro atoms. The number of benzene rings is 3. The number of rotatable bonds is 19. The Morgan fingerprint density at radius 3 is 1.62 bits per heavy atom. The quantitative estimate of drug-likeness (QED) is 0.0756. The molecule has 4 nitrogen and oxygen atoms in total. The van der Waals surface area contributed by atoms with E-state index in [1.165, 1.54) is 68.4 Å². The smallest absolute Gasteiger partial charge is 0.425 e. The Kier molecular flexibility index (Phi) is 15.2. The van der Waals surface area contributed by atoms with Crippen LogP contribution in [-0.2, 0) is 11.2 Å². The minimum atomic E-state index is -4.64. The second-order valence-electron chi connectivity index (χ2n) is 11.7. The number of alkyl halides is 3. The van der Waals surface area contributed by atoms with Crippen molar-refractivity contribution in [2.75, 3.05) is 0 Å². The molecule has 3 aromatic rings. The van der Waals surface area contributed by atoms with E-state index in [0.29, 0.717) is 18.4 Å². The molecule has 0 aromatic heterocycles. The number of aryl methyl sites for hydroxylation is 1. The summed E-state index contributed by atoms with van der Waals surface area (Å²) in [6.07, 6.45) is 6.64. The molecular weight excluding hydrogens is 577 g/mol. The van der Waals surface area contributed by atoms with E-state index in [9.17, 15) is 22.8 Å². The van der Waals surface area contributed by atoms with Gasteiger partial charge >= 0.3 is 18.1 Å². The number of carbonyl (C=O) groups excluding carboxylic acids is 2. The van der Waals surface area contributed by atoms with Gasteiger partial charge in [-0.2, -0.15) is 13.2 Å². The molecule has 7 heteroatoms. The van der Waals surface area contributed by atoms with Gasteiger partial charge in [0.2, 0.25) is 0 Å². The first kappa shape index (κ1) is 35.9. The van der Waals surface area contributed by atoms with Crippen LogP contribution in [0.15, 0.2) is 72.8 Å². The summed E-state index contributed by atoms with van der Waals surface area (Å²) >= 11 is 0. The highest BCUT2D eigenvalue weighted by Gasteiger charge is 2.42. The summed E-state index contributed by atoms with van der Waals surface area (Å²) in [7, 11) is 0. The molecule has 0 saturated heterocycles. The fourth-order valence-electron chi connectivity index (χ4n) is 5.19. The van der Waals surface area contributed by atoms with Gasteiger partial charge in [-0.15, -0.1) is 0 Å². The molecule has 244 valence electrons. The van der Waals surface area contributed by atoms with Crippen LogP contribution in [-0.4, -0.2) is 24.2 Å². The van der Waals surface area contributed by atoms with Gasteiger partial charge in [0.05, 0.1) is 11.1 Å². The van der Waals surface area contributed by atoms with E-state index >= 15 is 0 Å². The van der Waals surface area contributed by atoms with Crippen LogP contribution in [0.5, 0.6) is 5.75 Å². The zero-order chi connectivity index (χ0) is 32.5. The van der Waals surface area contributed by atoms with Crippen molar-refractivity contribution in [3.8, 4) is 16.9 Å². The van der Waals surface area contributed by atoms with E-state index in [-0.39, 0.29) is 17.7 Å². The molecule has 0 aliphatic heterocycles. The van der Waals surface area contributed by atoms with Gasteiger partial charge in [-0.3, -0.25) is 0 Å². The van der Waals surface area contributed by atoms with E-state index in [4.69, 9.17) is 9.47 Å². The topological polar surface area (TPSA) is 52.6 Å². The first-order chi connectivity index (χ1) is 21.7. The zero-order valence-corrected chi connectivity index (χ0v) is 26.7. The second kappa shape index (κ2) is 19.0. The van der Waals surface area contributed by atoms with Crippen molar-refractivity contribution in [2.45, 2.75) is 116 Å². The lowest BCUT2D eigenvalue weighted by atomic mass is 10.00. The molecule has 0 radical (unpaired) electrons. The SMILES string of the molecule is CCCCCCCCc1ccc(-c2ccc(C(=O)Oc3ccc(C(=O)OC(CCCCCCCC)C(F)(F)F)cc3)cc2)cc1. The van der Waals surface area contributed by atoms with E-state index in [0.717, 1.165) is 43.2 Å². The molecule has 3 rings (SSSR count). The van der Waals surface area contributed by atoms with Gasteiger partial charge in [-0.25, -0.2) is 9.59 Å². The Hall–Kier alpha value is -3.61. The molecule has 0 N–H and O–H groups in total. The largest absolute Gasteiger partial charge is 0.449 e. The minimum Gasteiger partial charge on any atom is -0.449 e. The summed E-state index contributed by atoms with van der Waals surface area (Å²) in [5.41, 5.74) is 3.67. The highest BCUT2D eigenvalue weighted by Crippen LogP contribution is 2.29. The number of hydrogen-bond acceptors (Lipinski definition) is 4. The Morgan fingerprint density at radius 1 is 0.600 bits per heavy atom. The predicted octanol–water partition coefficient (Wildman–Crippen LogP) is 11.3. The van der Waals surface area contributed by atoms with Gasteiger partial charge in [-0.05, 0) is 78.8 Å². The third-order valence-electron chi connectivity index (χ3n) is 7.96. The summed E-state index contributed by atoms with van der Waals surface area (Å²) < 4.78 is 50.7. The van der Waals surface area contributed by atoms with Crippen LogP contribution in [0, 0.1) is 0 Å². The molecule has 0 amide bonds. The van der Waals surface area contributed by atoms with Gasteiger partial charge in [0, 0.05) is 0 Å². The van der Waals surface area contributed by atoms with Crippen molar-refractivity contribution >= 4 is 11.9 Å². The standard InChI is InChI=1S/C38H47F3O4/c1-3-5-7-9-11-13-15-29-17-19-30(20-18-29)31-21-23-32(24-22-31)36(42)44-34-27-25-33(26-28-34)37(43)45-35(38(39,40)41)16-14-12-10-8-6-4-2/h17-28,35H,3-16H2,1-2H3. The van der Waals surface area contributed by atoms with Gasteiger partial charge in [-0.1, -0.05) is 114 Å². The molecule has 0 heterocycles. The molecular formula is C38H47F3O4. The third kappa shape index (κ3) is 12.7. The lowest BCUT2D eigenvalue weighted by molar-refractivity contribution is -0.206. The van der Waals surface area contributed by atoms with E-state index in [1.807, 2.05) is 12.1 Å². The van der Waals surface area contributed by atoms with Crippen LogP contribution >= 0.6 is 0 Å². The summed E-state index contributed by atoms with van der Waals surface area (Å²) in [5.74, 6) is -1.48. The van der Waals surface area contributed by atoms with E-state index < -0.39 is 24.2 Å². The number of carbonyl (C=O) groups is 2. The molecule has 0 aliphatic carbocycles. The monoisotopic (exact) mass is 624 g/mol. The fourth-order valence-corrected chi connectivity index (χ4v) is 5.19. The van der Waals surface area contributed by atoms with Gasteiger partial charge < -0.3 is 9.47 Å². The van der Waals surface area contributed by atoms with Crippen LogP contribution in [0.2, 0.25) is 0 Å². The molecule has 0 aliphatic rings. The van der Waals surface area contributed by atoms with Crippen LogP contribution in [0.25, 0.3) is 11.1 Å². The number of esters is 2. The summed E-state index contributed by atoms with van der Waals surface area (Å²) in [4.78, 5) is 25.2. The van der Waals surface area contributed by atoms with Gasteiger partial charge in [0.25, 0.3) is 0 Å². The predicted molar refractivity (Wildman–Crippen MR) is 174 cm³/mol. The number of halogens is 3. The maximum atomic E-state index is 13.5. The maximum absolute atomic E-state index is 13.5. The Morgan fingerprint density at radius 2 is 1.07 bits per heavy atom. The fraction of sp³-hybridized carbons (Fsp3) is 0.474. The molecule has 0 saturated carbocycles. The van der Waals surface area contributed by atoms with Crippen LogP contribution in [0.4, 0.5) is 13.2 Å². The normalized spacial score (nSPS) is 12.1. The molecule has 3 aromatic carbocycles. The Bertz CT molecular complexity index is 1280. The summed E-state index contributed by atoms with van der Waals surface area (Å²) in [6.45, 7) is 4.30. The Labute approximate surface area is 266 Å². The molecule has 0 fully saturated rings. The Balaban J connectivity index is 1.49. The van der Waals surface area contributed by atoms with E-state index in [2.05, 4.69) is 38.1 Å². The van der Waals surface area contributed by atoms with Crippen molar-refractivity contribution in [2.24, 2.45) is 0 Å². The van der Waals surface area contributed by atoms with Crippen molar-refractivity contribution in [1.29, 1.82) is 0 Å². The number of unbranched alkanes of at least 4 members (excludes halogenated alkanes) is 10. The van der Waals surface area contributed by atoms with Crippen molar-refractivity contribution in [3.05, 3.63) is 89.5 Å². The summed E-state index contributed by atoms with van der Waals surface area (Å²) in [6, 6.07) is 20.9. The minimum absolute atomic E-state index is 0.0469. The highest BCUT2D eigenvalue weighted by molar-refractivity contribution is 5.92. The average Bonchev–Trinajstić information content (AvgIpc) is 3.04. The number of hydrogen-bond donors (Lipinski definition) is 0. The average molecular weight is 625 g/mol. The lowest BCUT2D eigenvalue weighted by Gasteiger charge is -2.20. The molecule has 1 atom stereocenters.